The molecule has 0 spiro atoms. The minimum atomic E-state index is -0.918. The molecule has 5 nitrogen and oxygen atoms in total. The van der Waals surface area contributed by atoms with E-state index in [0.29, 0.717) is 25.4 Å². The zero-order chi connectivity index (χ0) is 13.3. The number of carbonyl (C=O) groups is 4. The van der Waals surface area contributed by atoms with E-state index in [1.807, 2.05) is 0 Å². The van der Waals surface area contributed by atoms with Crippen molar-refractivity contribution >= 4 is 24.3 Å². The molecule has 5 heteroatoms. The van der Waals surface area contributed by atoms with Gasteiger partial charge in [0.05, 0.1) is 0 Å². The van der Waals surface area contributed by atoms with Gasteiger partial charge in [-0.2, -0.15) is 0 Å². The van der Waals surface area contributed by atoms with Crippen LogP contribution in [0.4, 0.5) is 0 Å². The molecule has 0 rings (SSSR count). The number of aliphatic carboxylic acids is 1. The second-order valence-corrected chi connectivity index (χ2v) is 4.37. The Bertz CT molecular complexity index is 285. The zero-order valence-corrected chi connectivity index (χ0v) is 9.98. The minimum Gasteiger partial charge on any atom is -0.481 e. The van der Waals surface area contributed by atoms with E-state index in [0.717, 1.165) is 0 Å². The Balaban J connectivity index is 4.62. The van der Waals surface area contributed by atoms with E-state index >= 15 is 0 Å². The average molecular weight is 242 g/mol. The molecule has 0 heterocycles. The smallest absolute Gasteiger partial charge is 0.303 e. The Labute approximate surface area is 100 Å². The molecule has 0 bridgehead atoms. The number of hydrogen-bond donors (Lipinski definition) is 1. The van der Waals surface area contributed by atoms with Gasteiger partial charge < -0.3 is 19.5 Å². The van der Waals surface area contributed by atoms with Gasteiger partial charge in [0.15, 0.2) is 0 Å². The monoisotopic (exact) mass is 242 g/mol. The van der Waals surface area contributed by atoms with Crippen LogP contribution in [0, 0.1) is 5.41 Å². The highest BCUT2D eigenvalue weighted by Gasteiger charge is 2.30. The van der Waals surface area contributed by atoms with Gasteiger partial charge in [-0.15, -0.1) is 0 Å². The highest BCUT2D eigenvalue weighted by molar-refractivity contribution is 5.77. The van der Waals surface area contributed by atoms with Gasteiger partial charge in [-0.25, -0.2) is 0 Å². The number of rotatable bonds is 10. The third kappa shape index (κ3) is 6.60. The van der Waals surface area contributed by atoms with Crippen LogP contribution in [0.1, 0.15) is 45.4 Å². The van der Waals surface area contributed by atoms with Crippen molar-refractivity contribution in [3.63, 3.8) is 0 Å². The first-order valence-electron chi connectivity index (χ1n) is 5.54. The summed E-state index contributed by atoms with van der Waals surface area (Å²) in [7, 11) is 0. The second-order valence-electron chi connectivity index (χ2n) is 4.37. The van der Waals surface area contributed by atoms with Gasteiger partial charge in [0.25, 0.3) is 0 Å². The van der Waals surface area contributed by atoms with Gasteiger partial charge in [-0.1, -0.05) is 0 Å². The van der Waals surface area contributed by atoms with Crippen molar-refractivity contribution in [2.75, 3.05) is 0 Å². The van der Waals surface area contributed by atoms with Crippen molar-refractivity contribution in [3.05, 3.63) is 0 Å². The fourth-order valence-electron chi connectivity index (χ4n) is 2.02. The molecule has 0 saturated heterocycles. The summed E-state index contributed by atoms with van der Waals surface area (Å²) in [5, 5.41) is 8.55. The molecule has 17 heavy (non-hydrogen) atoms. The third-order valence-corrected chi connectivity index (χ3v) is 2.75. The summed E-state index contributed by atoms with van der Waals surface area (Å²) < 4.78 is 0. The van der Waals surface area contributed by atoms with Crippen LogP contribution in [0.15, 0.2) is 0 Å². The molecule has 0 aliphatic heterocycles. The lowest BCUT2D eigenvalue weighted by molar-refractivity contribution is -0.137. The molecule has 0 amide bonds. The fraction of sp³-hybridized carbons (Fsp3) is 0.667. The predicted molar refractivity (Wildman–Crippen MR) is 60.6 cm³/mol. The molecular weight excluding hydrogens is 224 g/mol. The van der Waals surface area contributed by atoms with E-state index in [4.69, 9.17) is 5.11 Å². The summed E-state index contributed by atoms with van der Waals surface area (Å²) in [6.45, 7) is 1.40. The SMILES string of the molecule is CC(=O)CC(CC=O)(CC=O)CCCC(=O)O. The van der Waals surface area contributed by atoms with Gasteiger partial charge >= 0.3 is 5.97 Å². The Morgan fingerprint density at radius 1 is 1.18 bits per heavy atom. The van der Waals surface area contributed by atoms with E-state index in [9.17, 15) is 19.2 Å². The van der Waals surface area contributed by atoms with Crippen LogP contribution in [0.5, 0.6) is 0 Å². The van der Waals surface area contributed by atoms with Gasteiger partial charge in [0, 0.05) is 25.7 Å². The Hall–Kier alpha value is -1.52. The van der Waals surface area contributed by atoms with Crippen molar-refractivity contribution in [1.29, 1.82) is 0 Å². The molecule has 0 aromatic rings. The number of hydrogen-bond acceptors (Lipinski definition) is 4. The Kier molecular flexibility index (Phi) is 7.02. The Morgan fingerprint density at radius 3 is 2.06 bits per heavy atom. The van der Waals surface area contributed by atoms with Gasteiger partial charge in [0.2, 0.25) is 0 Å². The van der Waals surface area contributed by atoms with Crippen LogP contribution in [0.2, 0.25) is 0 Å². The molecule has 0 unspecified atom stereocenters. The summed E-state index contributed by atoms with van der Waals surface area (Å²) in [6, 6.07) is 0. The van der Waals surface area contributed by atoms with Crippen molar-refractivity contribution in [2.24, 2.45) is 5.41 Å². The molecule has 0 radical (unpaired) electrons. The maximum Gasteiger partial charge on any atom is 0.303 e. The van der Waals surface area contributed by atoms with Crippen LogP contribution in [-0.2, 0) is 19.2 Å². The summed E-state index contributed by atoms with van der Waals surface area (Å²) in [5.74, 6) is -1.01. The summed E-state index contributed by atoms with van der Waals surface area (Å²) in [5.41, 5.74) is -0.690. The van der Waals surface area contributed by atoms with Crippen molar-refractivity contribution < 1.29 is 24.3 Å². The summed E-state index contributed by atoms with van der Waals surface area (Å²) >= 11 is 0. The fourth-order valence-corrected chi connectivity index (χ4v) is 2.02. The maximum absolute atomic E-state index is 11.2. The molecule has 1 N–H and O–H groups in total. The third-order valence-electron chi connectivity index (χ3n) is 2.75. The van der Waals surface area contributed by atoms with Crippen molar-refractivity contribution in [2.45, 2.75) is 45.4 Å². The first-order valence-corrected chi connectivity index (χ1v) is 5.54. The van der Waals surface area contributed by atoms with Crippen LogP contribution in [0.3, 0.4) is 0 Å². The standard InChI is InChI=1S/C12H18O5/c1-10(15)9-12(5-7-13,6-8-14)4-2-3-11(16)17/h7-8H,2-6,9H2,1H3,(H,16,17). The quantitative estimate of drug-likeness (QED) is 0.585. The van der Waals surface area contributed by atoms with Crippen LogP contribution >= 0.6 is 0 Å². The van der Waals surface area contributed by atoms with Crippen molar-refractivity contribution in [3.8, 4) is 0 Å². The molecule has 0 saturated carbocycles. The lowest BCUT2D eigenvalue weighted by atomic mass is 9.74. The highest BCUT2D eigenvalue weighted by atomic mass is 16.4. The molecular formula is C12H18O5. The lowest BCUT2D eigenvalue weighted by Crippen LogP contribution is -2.25. The van der Waals surface area contributed by atoms with Gasteiger partial charge in [-0.05, 0) is 25.2 Å². The largest absolute Gasteiger partial charge is 0.481 e. The molecule has 0 fully saturated rings. The molecule has 0 aromatic carbocycles. The topological polar surface area (TPSA) is 88.5 Å². The number of ketones is 1. The van der Waals surface area contributed by atoms with E-state index in [1.54, 1.807) is 0 Å². The number of Topliss-reactive ketones (excluding diaryl/α,β-unsaturated/α-hetero) is 1. The van der Waals surface area contributed by atoms with Gasteiger partial charge in [0.1, 0.15) is 18.4 Å². The molecule has 0 aliphatic carbocycles. The molecule has 0 atom stereocenters. The van der Waals surface area contributed by atoms with E-state index in [-0.39, 0.29) is 31.5 Å². The average Bonchev–Trinajstić information content (AvgIpc) is 2.16. The first-order chi connectivity index (χ1) is 7.95. The molecule has 0 aromatic heterocycles. The highest BCUT2D eigenvalue weighted by Crippen LogP contribution is 2.35. The molecule has 96 valence electrons. The van der Waals surface area contributed by atoms with Crippen LogP contribution in [-0.4, -0.2) is 29.4 Å². The van der Waals surface area contributed by atoms with E-state index < -0.39 is 11.4 Å². The van der Waals surface area contributed by atoms with E-state index in [1.165, 1.54) is 6.92 Å². The first kappa shape index (κ1) is 15.5. The predicted octanol–water partition coefficient (Wildman–Crippen LogP) is 1.38. The van der Waals surface area contributed by atoms with Crippen LogP contribution in [0.25, 0.3) is 0 Å². The van der Waals surface area contributed by atoms with E-state index in [2.05, 4.69) is 0 Å². The minimum absolute atomic E-state index is 0.0165. The van der Waals surface area contributed by atoms with Gasteiger partial charge in [-0.3, -0.25) is 4.79 Å². The number of carbonyl (C=O) groups excluding carboxylic acids is 3. The second kappa shape index (κ2) is 7.70. The zero-order valence-electron chi connectivity index (χ0n) is 9.98. The number of aldehydes is 2. The Morgan fingerprint density at radius 2 is 1.71 bits per heavy atom. The van der Waals surface area contributed by atoms with Crippen molar-refractivity contribution in [1.82, 2.24) is 0 Å². The normalized spacial score (nSPS) is 10.9. The lowest BCUT2D eigenvalue weighted by Gasteiger charge is -2.29. The summed E-state index contributed by atoms with van der Waals surface area (Å²) in [6.07, 6.45) is 2.50. The van der Waals surface area contributed by atoms with Crippen LogP contribution < -0.4 is 0 Å². The maximum atomic E-state index is 11.2. The number of carboxylic acids is 1. The number of carboxylic acid groups (broad SMARTS) is 1. The molecule has 0 aliphatic rings. The summed E-state index contributed by atoms with van der Waals surface area (Å²) in [4.78, 5) is 42.8.